The maximum Gasteiger partial charge on any atom is -0.0322 e. The van der Waals surface area contributed by atoms with Crippen molar-refractivity contribution in [2.24, 2.45) is 11.8 Å². The molecule has 0 bridgehead atoms. The molecule has 0 amide bonds. The zero-order valence-electron chi connectivity index (χ0n) is 11.5. The molecule has 0 aliphatic rings. The fourth-order valence-corrected chi connectivity index (χ4v) is 1.72. The summed E-state index contributed by atoms with van der Waals surface area (Å²) in [7, 11) is 0. The summed E-state index contributed by atoms with van der Waals surface area (Å²) in [4.78, 5) is 0. The van der Waals surface area contributed by atoms with Gasteiger partial charge in [0, 0.05) is 0 Å². The number of hydrogen-bond acceptors (Lipinski definition) is 0. The first kappa shape index (κ1) is 15.2. The molecule has 1 unspecified atom stereocenters. The highest BCUT2D eigenvalue weighted by molar-refractivity contribution is 5.20. The van der Waals surface area contributed by atoms with E-state index in [1.54, 1.807) is 0 Å². The highest BCUT2D eigenvalue weighted by Crippen LogP contribution is 2.15. The van der Waals surface area contributed by atoms with E-state index in [4.69, 9.17) is 0 Å². The molecule has 1 atom stereocenters. The predicted molar refractivity (Wildman–Crippen MR) is 75.6 cm³/mol. The van der Waals surface area contributed by atoms with Crippen molar-refractivity contribution in [1.82, 2.24) is 0 Å². The van der Waals surface area contributed by atoms with Crippen LogP contribution in [0.5, 0.6) is 0 Å². The van der Waals surface area contributed by atoms with Gasteiger partial charge in [0.1, 0.15) is 0 Å². The summed E-state index contributed by atoms with van der Waals surface area (Å²) in [6.45, 7) is 12.7. The molecule has 0 nitrogen and oxygen atoms in total. The second kappa shape index (κ2) is 9.45. The summed E-state index contributed by atoms with van der Waals surface area (Å²) in [5.41, 5.74) is 1.28. The van der Waals surface area contributed by atoms with Crippen LogP contribution in [-0.4, -0.2) is 0 Å². The molecule has 0 radical (unpaired) electrons. The van der Waals surface area contributed by atoms with E-state index in [-0.39, 0.29) is 0 Å². The zero-order valence-corrected chi connectivity index (χ0v) is 11.5. The Bertz CT molecular complexity index is 230. The van der Waals surface area contributed by atoms with Crippen molar-refractivity contribution < 1.29 is 0 Å². The first-order chi connectivity index (χ1) is 7.56. The molecule has 0 saturated heterocycles. The van der Waals surface area contributed by atoms with Gasteiger partial charge in [0.15, 0.2) is 0 Å². The molecule has 0 aliphatic heterocycles. The standard InChI is InChI=1S/C16H28/c1-6-9-15(4)12-8-13-16(5)11-7-10-14(2)3/h6,8-9,12,14,16H,1,7,10-11,13H2,2-5H3/b12-8+,15-9+. The van der Waals surface area contributed by atoms with Crippen molar-refractivity contribution in [1.29, 1.82) is 0 Å². The van der Waals surface area contributed by atoms with Gasteiger partial charge in [0.25, 0.3) is 0 Å². The summed E-state index contributed by atoms with van der Waals surface area (Å²) >= 11 is 0. The lowest BCUT2D eigenvalue weighted by Gasteiger charge is -2.09. The molecule has 16 heavy (non-hydrogen) atoms. The molecule has 0 aromatic rings. The van der Waals surface area contributed by atoms with Crippen LogP contribution in [-0.2, 0) is 0 Å². The number of hydrogen-bond donors (Lipinski definition) is 0. The fraction of sp³-hybridized carbons (Fsp3) is 0.625. The topological polar surface area (TPSA) is 0 Å². The number of allylic oxidation sites excluding steroid dienone is 5. The van der Waals surface area contributed by atoms with Gasteiger partial charge in [-0.3, -0.25) is 0 Å². The van der Waals surface area contributed by atoms with Crippen LogP contribution >= 0.6 is 0 Å². The van der Waals surface area contributed by atoms with E-state index in [0.717, 1.165) is 11.8 Å². The smallest absolute Gasteiger partial charge is 0.0322 e. The maximum absolute atomic E-state index is 3.69. The Morgan fingerprint density at radius 2 is 1.88 bits per heavy atom. The monoisotopic (exact) mass is 220 g/mol. The van der Waals surface area contributed by atoms with Gasteiger partial charge in [-0.1, -0.05) is 76.5 Å². The highest BCUT2D eigenvalue weighted by atomic mass is 14.1. The minimum atomic E-state index is 0.812. The van der Waals surface area contributed by atoms with Crippen LogP contribution in [0.15, 0.2) is 36.5 Å². The Balaban J connectivity index is 3.68. The van der Waals surface area contributed by atoms with Gasteiger partial charge in [-0.25, -0.2) is 0 Å². The third kappa shape index (κ3) is 9.76. The van der Waals surface area contributed by atoms with Crippen molar-refractivity contribution in [2.45, 2.75) is 53.4 Å². The molecule has 0 heteroatoms. The normalized spacial score (nSPS) is 14.7. The van der Waals surface area contributed by atoms with Crippen molar-refractivity contribution >= 4 is 0 Å². The molecule has 0 spiro atoms. The third-order valence-electron chi connectivity index (χ3n) is 2.78. The Kier molecular flexibility index (Phi) is 8.99. The quantitative estimate of drug-likeness (QED) is 0.472. The van der Waals surface area contributed by atoms with Gasteiger partial charge in [0.2, 0.25) is 0 Å². The van der Waals surface area contributed by atoms with E-state index in [9.17, 15) is 0 Å². The molecule has 0 aromatic carbocycles. The van der Waals surface area contributed by atoms with Crippen molar-refractivity contribution in [3.05, 3.63) is 36.5 Å². The first-order valence-electron chi connectivity index (χ1n) is 6.52. The van der Waals surface area contributed by atoms with E-state index >= 15 is 0 Å². The van der Waals surface area contributed by atoms with Gasteiger partial charge in [0.05, 0.1) is 0 Å². The van der Waals surface area contributed by atoms with Crippen LogP contribution < -0.4 is 0 Å². The van der Waals surface area contributed by atoms with Crippen LogP contribution in [0.1, 0.15) is 53.4 Å². The molecular weight excluding hydrogens is 192 g/mol. The minimum Gasteiger partial charge on any atom is -0.0991 e. The molecule has 0 saturated carbocycles. The lowest BCUT2D eigenvalue weighted by atomic mass is 9.97. The SMILES string of the molecule is C=C/C=C(C)/C=C/CC(C)CCCC(C)C. The number of rotatable bonds is 8. The maximum atomic E-state index is 3.69. The van der Waals surface area contributed by atoms with Crippen LogP contribution in [0.3, 0.4) is 0 Å². The molecule has 0 heterocycles. The molecule has 0 aromatic heterocycles. The lowest BCUT2D eigenvalue weighted by Crippen LogP contribution is -1.95. The largest absolute Gasteiger partial charge is 0.0991 e. The van der Waals surface area contributed by atoms with E-state index in [1.807, 2.05) is 12.2 Å². The van der Waals surface area contributed by atoms with Crippen LogP contribution in [0.25, 0.3) is 0 Å². The predicted octanol–water partition coefficient (Wildman–Crippen LogP) is 5.53. The van der Waals surface area contributed by atoms with Crippen molar-refractivity contribution in [3.63, 3.8) is 0 Å². The van der Waals surface area contributed by atoms with Gasteiger partial charge in [-0.15, -0.1) is 0 Å². The summed E-state index contributed by atoms with van der Waals surface area (Å²) in [5.74, 6) is 1.66. The van der Waals surface area contributed by atoms with E-state index < -0.39 is 0 Å². The Labute approximate surface area is 102 Å². The van der Waals surface area contributed by atoms with E-state index in [1.165, 1.54) is 31.3 Å². The highest BCUT2D eigenvalue weighted by Gasteiger charge is 2.00. The first-order valence-corrected chi connectivity index (χ1v) is 6.52. The van der Waals surface area contributed by atoms with Gasteiger partial charge < -0.3 is 0 Å². The third-order valence-corrected chi connectivity index (χ3v) is 2.78. The van der Waals surface area contributed by atoms with Crippen molar-refractivity contribution in [2.75, 3.05) is 0 Å². The average Bonchev–Trinajstić information content (AvgIpc) is 2.17. The summed E-state index contributed by atoms with van der Waals surface area (Å²) in [5, 5.41) is 0. The molecular formula is C16H28. The molecule has 92 valence electrons. The average molecular weight is 220 g/mol. The van der Waals surface area contributed by atoms with Crippen molar-refractivity contribution in [3.8, 4) is 0 Å². The lowest BCUT2D eigenvalue weighted by molar-refractivity contribution is 0.461. The molecule has 0 rings (SSSR count). The Morgan fingerprint density at radius 1 is 1.19 bits per heavy atom. The molecule has 0 fully saturated rings. The summed E-state index contributed by atoms with van der Waals surface area (Å²) < 4.78 is 0. The second-order valence-corrected chi connectivity index (χ2v) is 5.21. The zero-order chi connectivity index (χ0) is 12.4. The van der Waals surface area contributed by atoms with E-state index in [2.05, 4.69) is 46.4 Å². The second-order valence-electron chi connectivity index (χ2n) is 5.21. The van der Waals surface area contributed by atoms with Gasteiger partial charge in [-0.2, -0.15) is 0 Å². The van der Waals surface area contributed by atoms with Crippen LogP contribution in [0.2, 0.25) is 0 Å². The summed E-state index contributed by atoms with van der Waals surface area (Å²) in [6.07, 6.45) is 13.6. The Hall–Kier alpha value is -0.780. The minimum absolute atomic E-state index is 0.812. The molecule has 0 N–H and O–H groups in total. The fourth-order valence-electron chi connectivity index (χ4n) is 1.72. The van der Waals surface area contributed by atoms with Gasteiger partial charge in [-0.05, 0) is 25.2 Å². The van der Waals surface area contributed by atoms with E-state index in [0.29, 0.717) is 0 Å². The van der Waals surface area contributed by atoms with Crippen LogP contribution in [0.4, 0.5) is 0 Å². The molecule has 0 aliphatic carbocycles. The Morgan fingerprint density at radius 3 is 2.44 bits per heavy atom. The van der Waals surface area contributed by atoms with Crippen LogP contribution in [0, 0.1) is 11.8 Å². The van der Waals surface area contributed by atoms with Gasteiger partial charge >= 0.3 is 0 Å². The summed E-state index contributed by atoms with van der Waals surface area (Å²) in [6, 6.07) is 0.